The van der Waals surface area contributed by atoms with Gasteiger partial charge in [-0.15, -0.1) is 0 Å². The summed E-state index contributed by atoms with van der Waals surface area (Å²) in [7, 11) is 1.60. The maximum atomic E-state index is 9.16. The number of methoxy groups -OCH3 is 1. The Balaban J connectivity index is 2.57. The van der Waals surface area contributed by atoms with E-state index in [-0.39, 0.29) is 0 Å². The van der Waals surface area contributed by atoms with E-state index in [2.05, 4.69) is 0 Å². The highest BCUT2D eigenvalue weighted by Gasteiger charge is 2.05. The zero-order chi connectivity index (χ0) is 7.40. The van der Waals surface area contributed by atoms with Crippen LogP contribution in [0.5, 0.6) is 0 Å². The molecule has 0 aromatic rings. The minimum Gasteiger partial charge on any atom is -0.779 e. The van der Waals surface area contributed by atoms with Crippen molar-refractivity contribution in [2.24, 2.45) is 0 Å². The molecule has 0 spiro atoms. The highest BCUT2D eigenvalue weighted by molar-refractivity contribution is 6.11. The van der Waals surface area contributed by atoms with E-state index in [1.807, 2.05) is 12.5 Å². The van der Waals surface area contributed by atoms with Gasteiger partial charge >= 0.3 is 0 Å². The van der Waals surface area contributed by atoms with Crippen LogP contribution < -0.4 is 0 Å². The Kier molecular flexibility index (Phi) is 2.29. The molecule has 0 bridgehead atoms. The van der Waals surface area contributed by atoms with E-state index in [1.54, 1.807) is 19.3 Å². The minimum absolute atomic E-state index is 0.296. The van der Waals surface area contributed by atoms with Crippen LogP contribution in [0.3, 0.4) is 0 Å². The number of ether oxygens (including phenoxy) is 1. The maximum Gasteiger partial charge on any atom is 0.115 e. The van der Waals surface area contributed by atoms with Crippen LogP contribution in [0.25, 0.3) is 5.41 Å². The molecule has 0 amide bonds. The van der Waals surface area contributed by atoms with Crippen molar-refractivity contribution in [2.75, 3.05) is 13.7 Å². The topological polar surface area (TPSA) is 31.5 Å². The monoisotopic (exact) mass is 135 g/mol. The fourth-order valence-corrected chi connectivity index (χ4v) is 0.788. The van der Waals surface area contributed by atoms with Gasteiger partial charge in [0, 0.05) is 25.7 Å². The largest absolute Gasteiger partial charge is 0.779 e. The van der Waals surface area contributed by atoms with Gasteiger partial charge in [0.15, 0.2) is 0 Å². The molecular weight excluding hydrogens is 126 g/mol. The zero-order valence-electron chi connectivity index (χ0n) is 5.87. The Morgan fingerprint density at radius 3 is 3.10 bits per heavy atom. The molecule has 0 aliphatic heterocycles. The Hall–Kier alpha value is -1.02. The molecule has 0 aromatic heterocycles. The number of rotatable bonds is 2. The van der Waals surface area contributed by atoms with Gasteiger partial charge in [0.1, 0.15) is 6.61 Å². The first kappa shape index (κ1) is 7.09. The molecule has 0 saturated carbocycles. The van der Waals surface area contributed by atoms with E-state index in [0.717, 1.165) is 5.57 Å². The summed E-state index contributed by atoms with van der Waals surface area (Å²) in [6, 6.07) is 0. The second kappa shape index (κ2) is 3.22. The third kappa shape index (κ3) is 1.48. The smallest absolute Gasteiger partial charge is 0.115 e. The minimum atomic E-state index is 0.296. The van der Waals surface area contributed by atoms with E-state index < -0.39 is 0 Å². The van der Waals surface area contributed by atoms with Gasteiger partial charge in [-0.1, -0.05) is 0 Å². The van der Waals surface area contributed by atoms with E-state index in [9.17, 15) is 0 Å². The molecule has 1 aliphatic carbocycles. The number of hydrogen-bond acceptors (Lipinski definition) is 1. The molecule has 0 N–H and O–H groups in total. The zero-order valence-corrected chi connectivity index (χ0v) is 5.87. The van der Waals surface area contributed by atoms with Crippen LogP contribution in [0.4, 0.5) is 0 Å². The van der Waals surface area contributed by atoms with Crippen molar-refractivity contribution in [1.82, 2.24) is 0 Å². The summed E-state index contributed by atoms with van der Waals surface area (Å²) in [5.41, 5.74) is 1.12. The van der Waals surface area contributed by atoms with Crippen LogP contribution in [0.15, 0.2) is 23.8 Å². The average Bonchev–Trinajstić information content (AvgIpc) is 1.94. The van der Waals surface area contributed by atoms with Crippen molar-refractivity contribution >= 4 is 5.71 Å². The molecule has 2 heteroatoms. The summed E-state index contributed by atoms with van der Waals surface area (Å²) in [6.07, 6.45) is 7.13. The van der Waals surface area contributed by atoms with E-state index in [0.29, 0.717) is 12.3 Å². The van der Waals surface area contributed by atoms with E-state index in [1.165, 1.54) is 0 Å². The van der Waals surface area contributed by atoms with Gasteiger partial charge < -0.3 is 10.1 Å². The first-order chi connectivity index (χ1) is 4.84. The predicted octanol–water partition coefficient (Wildman–Crippen LogP) is 1.34. The van der Waals surface area contributed by atoms with Crippen LogP contribution in [0, 0.1) is 6.42 Å². The van der Waals surface area contributed by atoms with Crippen LogP contribution in [0.2, 0.25) is 0 Å². The van der Waals surface area contributed by atoms with Crippen molar-refractivity contribution in [1.29, 1.82) is 0 Å². The lowest BCUT2D eigenvalue weighted by Crippen LogP contribution is -2.06. The molecule has 10 heavy (non-hydrogen) atoms. The van der Waals surface area contributed by atoms with Crippen LogP contribution in [-0.4, -0.2) is 19.4 Å². The highest BCUT2D eigenvalue weighted by Crippen LogP contribution is 2.06. The van der Waals surface area contributed by atoms with Crippen LogP contribution in [0.1, 0.15) is 0 Å². The van der Waals surface area contributed by atoms with Crippen molar-refractivity contribution in [3.8, 4) is 0 Å². The van der Waals surface area contributed by atoms with Crippen molar-refractivity contribution < 1.29 is 4.74 Å². The summed E-state index contributed by atoms with van der Waals surface area (Å²) in [4.78, 5) is 0. The van der Waals surface area contributed by atoms with Crippen molar-refractivity contribution in [2.45, 2.75) is 0 Å². The lowest BCUT2D eigenvalue weighted by molar-refractivity contribution is 0.230. The fourth-order valence-electron chi connectivity index (χ4n) is 0.788. The van der Waals surface area contributed by atoms with Gasteiger partial charge in [-0.25, -0.2) is 0 Å². The molecule has 52 valence electrons. The average molecular weight is 135 g/mol. The van der Waals surface area contributed by atoms with Gasteiger partial charge in [-0.2, -0.15) is 0 Å². The van der Waals surface area contributed by atoms with Gasteiger partial charge in [-0.05, 0) is 5.71 Å². The highest BCUT2D eigenvalue weighted by atomic mass is 16.5. The third-order valence-corrected chi connectivity index (χ3v) is 1.29. The molecule has 0 saturated heterocycles. The molecular formula is C8H9NO. The molecule has 0 atom stereocenters. The van der Waals surface area contributed by atoms with Gasteiger partial charge in [-0.3, -0.25) is 0 Å². The predicted molar refractivity (Wildman–Crippen MR) is 41.8 cm³/mol. The molecule has 0 unspecified atom stereocenters. The third-order valence-electron chi connectivity index (χ3n) is 1.29. The first-order valence-electron chi connectivity index (χ1n) is 3.10. The van der Waals surface area contributed by atoms with Crippen LogP contribution in [-0.2, 0) is 4.74 Å². The Bertz CT molecular complexity index is 191. The lowest BCUT2D eigenvalue weighted by Gasteiger charge is -2.06. The fraction of sp³-hybridized carbons (Fsp3) is 0.250. The van der Waals surface area contributed by atoms with Crippen LogP contribution >= 0.6 is 0 Å². The standard InChI is InChI=1S/C8H9NO/c1-10-6-7-4-2-3-5-8(7)9/h2-5H,6H2,1H3. The molecule has 1 aliphatic rings. The normalized spacial score (nSPS) is 16.5. The van der Waals surface area contributed by atoms with Gasteiger partial charge in [0.25, 0.3) is 0 Å². The molecule has 0 radical (unpaired) electrons. The molecule has 2 nitrogen and oxygen atoms in total. The second-order valence-corrected chi connectivity index (χ2v) is 2.06. The molecule has 0 fully saturated rings. The SMILES string of the molecule is COCC1=C[CH+]C=CC1=[N-]. The first-order valence-corrected chi connectivity index (χ1v) is 3.10. The van der Waals surface area contributed by atoms with E-state index in [4.69, 9.17) is 10.1 Å². The Labute approximate surface area is 60.7 Å². The summed E-state index contributed by atoms with van der Waals surface area (Å²) in [5, 5.41) is 9.16. The second-order valence-electron chi connectivity index (χ2n) is 2.06. The van der Waals surface area contributed by atoms with Crippen molar-refractivity contribution in [3.05, 3.63) is 35.6 Å². The van der Waals surface area contributed by atoms with Gasteiger partial charge in [0.2, 0.25) is 0 Å². The Morgan fingerprint density at radius 2 is 2.50 bits per heavy atom. The number of hydrogen-bond donors (Lipinski definition) is 0. The lowest BCUT2D eigenvalue weighted by atomic mass is 10.1. The van der Waals surface area contributed by atoms with Crippen molar-refractivity contribution in [3.63, 3.8) is 0 Å². The summed E-state index contributed by atoms with van der Waals surface area (Å²) in [5.74, 6) is 0. The van der Waals surface area contributed by atoms with Gasteiger partial charge in [0.05, 0.1) is 11.6 Å². The molecule has 0 heterocycles. The summed E-state index contributed by atoms with van der Waals surface area (Å²) in [6.45, 7) is 0.465. The number of nitrogens with zero attached hydrogens (tertiary/aromatic N) is 1. The quantitative estimate of drug-likeness (QED) is 0.526. The number of allylic oxidation sites excluding steroid dienone is 3. The Morgan fingerprint density at radius 1 is 1.70 bits per heavy atom. The molecule has 1 rings (SSSR count). The van der Waals surface area contributed by atoms with E-state index >= 15 is 0 Å². The maximum absolute atomic E-state index is 9.16. The summed E-state index contributed by atoms with van der Waals surface area (Å²) >= 11 is 0. The summed E-state index contributed by atoms with van der Waals surface area (Å²) < 4.78 is 4.85. The molecule has 0 aromatic carbocycles.